The molecule has 4 heterocycles. The van der Waals surface area contributed by atoms with Crippen molar-refractivity contribution in [2.45, 2.75) is 52.4 Å². The average molecular weight is 713 g/mol. The molecule has 2 aromatic carbocycles. The molecule has 1 N–H and O–H groups in total. The summed E-state index contributed by atoms with van der Waals surface area (Å²) in [4.78, 5) is 48.8. The number of aryl methyl sites for hydroxylation is 1. The van der Waals surface area contributed by atoms with Crippen molar-refractivity contribution in [2.75, 3.05) is 36.4 Å². The molecule has 0 unspecified atom stereocenters. The molecule has 12 nitrogen and oxygen atoms in total. The molecule has 1 aliphatic rings. The van der Waals surface area contributed by atoms with Crippen LogP contribution >= 0.6 is 11.6 Å². The predicted molar refractivity (Wildman–Crippen MR) is 184 cm³/mol. The molecule has 16 heteroatoms. The van der Waals surface area contributed by atoms with Crippen LogP contribution in [-0.4, -0.2) is 72.4 Å². The van der Waals surface area contributed by atoms with Crippen molar-refractivity contribution in [3.05, 3.63) is 75.2 Å². The number of piperazine rings is 1. The van der Waals surface area contributed by atoms with Crippen molar-refractivity contribution < 1.29 is 27.5 Å². The lowest BCUT2D eigenvalue weighted by atomic mass is 10.2. The lowest BCUT2D eigenvalue weighted by Gasteiger charge is -2.37. The summed E-state index contributed by atoms with van der Waals surface area (Å²) in [5.74, 6) is -0.242. The Labute approximate surface area is 290 Å². The largest absolute Gasteiger partial charge is 0.444 e. The molecular formula is C34H36ClF3N8O4. The van der Waals surface area contributed by atoms with Crippen LogP contribution in [0.2, 0.25) is 5.02 Å². The number of para-hydroxylation sites is 1. The normalized spacial score (nSPS) is 14.1. The molecular weight excluding hydrogens is 677 g/mol. The molecule has 0 aliphatic carbocycles. The number of amides is 2. The number of hydrogen-bond donors (Lipinski definition) is 1. The molecule has 2 amide bonds. The van der Waals surface area contributed by atoms with Gasteiger partial charge in [0.05, 0.1) is 27.7 Å². The van der Waals surface area contributed by atoms with Crippen LogP contribution in [0.15, 0.2) is 53.3 Å². The number of alkyl halides is 3. The van der Waals surface area contributed by atoms with Gasteiger partial charge in [-0.15, -0.1) is 5.10 Å². The van der Waals surface area contributed by atoms with Gasteiger partial charge in [0.25, 0.3) is 5.56 Å². The molecule has 50 heavy (non-hydrogen) atoms. The number of carbonyl (C=O) groups excluding carboxylic acids is 2. The number of nitrogens with one attached hydrogen (secondary N) is 1. The van der Waals surface area contributed by atoms with Crippen LogP contribution in [-0.2, 0) is 35.7 Å². The van der Waals surface area contributed by atoms with Gasteiger partial charge in [-0.25, -0.2) is 4.79 Å². The van der Waals surface area contributed by atoms with E-state index >= 15 is 0 Å². The molecule has 1 fully saturated rings. The molecule has 5 aromatic rings. The summed E-state index contributed by atoms with van der Waals surface area (Å²) >= 11 is 6.14. The van der Waals surface area contributed by atoms with Crippen LogP contribution < -0.4 is 15.8 Å². The van der Waals surface area contributed by atoms with Crippen LogP contribution in [0.4, 0.5) is 29.3 Å². The summed E-state index contributed by atoms with van der Waals surface area (Å²) in [5, 5.41) is 7.90. The minimum Gasteiger partial charge on any atom is -0.444 e. The Morgan fingerprint density at radius 3 is 2.34 bits per heavy atom. The maximum absolute atomic E-state index is 14.3. The standard InChI is InChI=1S/C34H36ClF3N8O4/c1-6-24-28(43-13-15-44(16-14-43)32(49)50-33(2,3)4)30(48)46-31(40-29(41-46)26-17-20-9-7-8-10-25(20)42(26)5)45(24)19-27(47)39-23-12-11-21(18-22(23)35)34(36,37)38/h7-12,17-18H,6,13-16,19H2,1-5H3,(H,39,47). The van der Waals surface area contributed by atoms with Gasteiger partial charge in [-0.2, -0.15) is 22.7 Å². The van der Waals surface area contributed by atoms with Crippen molar-refractivity contribution in [3.8, 4) is 11.5 Å². The molecule has 1 saturated heterocycles. The fraction of sp³-hybridized carbons (Fsp3) is 0.382. The highest BCUT2D eigenvalue weighted by molar-refractivity contribution is 6.33. The third-order valence-electron chi connectivity index (χ3n) is 8.46. The number of carbonyl (C=O) groups is 2. The number of rotatable bonds is 6. The highest BCUT2D eigenvalue weighted by atomic mass is 35.5. The maximum Gasteiger partial charge on any atom is 0.416 e. The van der Waals surface area contributed by atoms with Crippen LogP contribution in [0.5, 0.6) is 0 Å². The van der Waals surface area contributed by atoms with Crippen molar-refractivity contribution in [2.24, 2.45) is 7.05 Å². The van der Waals surface area contributed by atoms with E-state index in [1.54, 1.807) is 30.2 Å². The van der Waals surface area contributed by atoms with Gasteiger partial charge < -0.3 is 29.0 Å². The summed E-state index contributed by atoms with van der Waals surface area (Å²) in [7, 11) is 1.86. The summed E-state index contributed by atoms with van der Waals surface area (Å²) in [5.41, 5.74) is 0.322. The van der Waals surface area contributed by atoms with E-state index in [9.17, 15) is 27.6 Å². The second kappa shape index (κ2) is 13.0. The highest BCUT2D eigenvalue weighted by Gasteiger charge is 2.32. The topological polar surface area (TPSA) is 119 Å². The first-order valence-corrected chi connectivity index (χ1v) is 16.4. The highest BCUT2D eigenvalue weighted by Crippen LogP contribution is 2.34. The molecule has 1 aliphatic heterocycles. The van der Waals surface area contributed by atoms with Gasteiger partial charge in [0.1, 0.15) is 17.8 Å². The summed E-state index contributed by atoms with van der Waals surface area (Å²) < 4.78 is 49.9. The molecule has 0 atom stereocenters. The Balaban J connectivity index is 1.41. The molecule has 0 bridgehead atoms. The first-order valence-electron chi connectivity index (χ1n) is 16.0. The Morgan fingerprint density at radius 1 is 1.02 bits per heavy atom. The summed E-state index contributed by atoms with van der Waals surface area (Å²) in [6.45, 7) is 8.06. The van der Waals surface area contributed by atoms with Crippen LogP contribution in [0.25, 0.3) is 28.2 Å². The van der Waals surface area contributed by atoms with E-state index in [4.69, 9.17) is 21.3 Å². The lowest BCUT2D eigenvalue weighted by Crippen LogP contribution is -2.51. The van der Waals surface area contributed by atoms with Crippen molar-refractivity contribution >= 4 is 51.7 Å². The van der Waals surface area contributed by atoms with Gasteiger partial charge in [0, 0.05) is 44.1 Å². The Morgan fingerprint density at radius 2 is 1.72 bits per heavy atom. The zero-order valence-electron chi connectivity index (χ0n) is 28.1. The maximum atomic E-state index is 14.3. The molecule has 3 aromatic heterocycles. The van der Waals surface area contributed by atoms with Gasteiger partial charge in [0.15, 0.2) is 5.82 Å². The van der Waals surface area contributed by atoms with Crippen LogP contribution in [0, 0.1) is 0 Å². The molecule has 0 saturated carbocycles. The summed E-state index contributed by atoms with van der Waals surface area (Å²) in [6, 6.07) is 12.3. The number of nitrogens with zero attached hydrogens (tertiary/aromatic N) is 7. The van der Waals surface area contributed by atoms with Gasteiger partial charge in [0.2, 0.25) is 11.7 Å². The van der Waals surface area contributed by atoms with E-state index in [0.29, 0.717) is 49.7 Å². The zero-order valence-corrected chi connectivity index (χ0v) is 28.9. The van der Waals surface area contributed by atoms with Gasteiger partial charge >= 0.3 is 12.3 Å². The predicted octanol–water partition coefficient (Wildman–Crippen LogP) is 5.98. The first-order chi connectivity index (χ1) is 23.6. The number of anilines is 2. The van der Waals surface area contributed by atoms with Crippen LogP contribution in [0.1, 0.15) is 39.0 Å². The zero-order chi connectivity index (χ0) is 36.1. The van der Waals surface area contributed by atoms with Gasteiger partial charge in [-0.1, -0.05) is 36.7 Å². The minimum absolute atomic E-state index is 0.00377. The summed E-state index contributed by atoms with van der Waals surface area (Å²) in [6.07, 6.45) is -4.73. The van der Waals surface area contributed by atoms with Gasteiger partial charge in [-0.3, -0.25) is 9.59 Å². The number of halogens is 4. The fourth-order valence-electron chi connectivity index (χ4n) is 6.11. The van der Waals surface area contributed by atoms with Crippen molar-refractivity contribution in [1.29, 1.82) is 0 Å². The van der Waals surface area contributed by atoms with E-state index in [0.717, 1.165) is 29.1 Å². The Hall–Kier alpha value is -5.05. The monoisotopic (exact) mass is 712 g/mol. The molecule has 6 rings (SSSR count). The lowest BCUT2D eigenvalue weighted by molar-refractivity contribution is -0.137. The number of fused-ring (bicyclic) bond motifs is 2. The average Bonchev–Trinajstić information content (AvgIpc) is 3.64. The smallest absolute Gasteiger partial charge is 0.416 e. The number of aromatic nitrogens is 5. The first kappa shape index (κ1) is 34.8. The Bertz CT molecular complexity index is 2180. The minimum atomic E-state index is -4.60. The third-order valence-corrected chi connectivity index (χ3v) is 8.77. The van der Waals surface area contributed by atoms with E-state index in [1.807, 2.05) is 53.8 Å². The number of hydrogen-bond acceptors (Lipinski definition) is 7. The van der Waals surface area contributed by atoms with E-state index in [1.165, 1.54) is 4.52 Å². The number of ether oxygens (including phenoxy) is 1. The fourth-order valence-corrected chi connectivity index (χ4v) is 6.33. The molecule has 264 valence electrons. The van der Waals surface area contributed by atoms with Crippen molar-refractivity contribution in [3.63, 3.8) is 0 Å². The molecule has 0 radical (unpaired) electrons. The van der Waals surface area contributed by atoms with E-state index in [2.05, 4.69) is 10.4 Å². The van der Waals surface area contributed by atoms with Gasteiger partial charge in [-0.05, 0) is 57.5 Å². The van der Waals surface area contributed by atoms with E-state index < -0.39 is 34.9 Å². The quantitative estimate of drug-likeness (QED) is 0.230. The second-order valence-corrected chi connectivity index (χ2v) is 13.4. The molecule has 0 spiro atoms. The Kier molecular flexibility index (Phi) is 9.05. The van der Waals surface area contributed by atoms with Crippen LogP contribution in [0.3, 0.4) is 0 Å². The van der Waals surface area contributed by atoms with Crippen molar-refractivity contribution in [1.82, 2.24) is 28.6 Å². The second-order valence-electron chi connectivity index (χ2n) is 13.0. The van der Waals surface area contributed by atoms with E-state index in [-0.39, 0.29) is 28.9 Å². The third kappa shape index (κ3) is 6.73. The SMILES string of the molecule is CCc1c(N2CCN(C(=O)OC(C)(C)C)CC2)c(=O)n2nc(-c3cc4ccccc4n3C)nc2n1CC(=O)Nc1ccc(C(F)(F)F)cc1Cl. The number of benzene rings is 2.